The molecule has 0 atom stereocenters. The van der Waals surface area contributed by atoms with Crippen molar-refractivity contribution in [1.82, 2.24) is 9.97 Å². The Morgan fingerprint density at radius 3 is 2.60 bits per heavy atom. The van der Waals surface area contributed by atoms with E-state index in [1.807, 2.05) is 4.90 Å². The van der Waals surface area contributed by atoms with Crippen LogP contribution in [0.4, 0.5) is 19.1 Å². The molecule has 0 bridgehead atoms. The van der Waals surface area contributed by atoms with Crippen molar-refractivity contribution in [3.63, 3.8) is 0 Å². The van der Waals surface area contributed by atoms with Crippen LogP contribution in [0.1, 0.15) is 25.0 Å². The molecule has 112 valence electrons. The molecule has 0 unspecified atom stereocenters. The van der Waals surface area contributed by atoms with E-state index >= 15 is 0 Å². The average molecular weight is 289 g/mol. The number of aliphatic hydroxyl groups excluding tert-OH is 1. The minimum Gasteiger partial charge on any atom is -0.396 e. The molecular formula is C13H18F3N3O. The van der Waals surface area contributed by atoms with E-state index in [4.69, 9.17) is 5.11 Å². The number of hydrogen-bond acceptors (Lipinski definition) is 4. The lowest BCUT2D eigenvalue weighted by molar-refractivity contribution is -0.134. The quantitative estimate of drug-likeness (QED) is 0.923. The Morgan fingerprint density at radius 2 is 2.00 bits per heavy atom. The Kier molecular flexibility index (Phi) is 4.80. The summed E-state index contributed by atoms with van der Waals surface area (Å²) < 4.78 is 36.6. The van der Waals surface area contributed by atoms with Gasteiger partial charge in [0.15, 0.2) is 0 Å². The van der Waals surface area contributed by atoms with E-state index in [2.05, 4.69) is 9.97 Å². The molecule has 1 aromatic heterocycles. The molecule has 1 saturated heterocycles. The summed E-state index contributed by atoms with van der Waals surface area (Å²) in [5.74, 6) is 0.792. The zero-order valence-electron chi connectivity index (χ0n) is 11.1. The molecule has 7 heteroatoms. The third-order valence-electron chi connectivity index (χ3n) is 3.52. The number of rotatable bonds is 4. The van der Waals surface area contributed by atoms with E-state index in [1.165, 1.54) is 12.3 Å². The van der Waals surface area contributed by atoms with E-state index < -0.39 is 12.6 Å². The fourth-order valence-electron chi connectivity index (χ4n) is 2.26. The summed E-state index contributed by atoms with van der Waals surface area (Å²) in [6.07, 6.45) is -1.93. The fourth-order valence-corrected chi connectivity index (χ4v) is 2.26. The molecule has 2 rings (SSSR count). The maximum atomic E-state index is 12.2. The molecule has 0 saturated carbocycles. The van der Waals surface area contributed by atoms with Crippen molar-refractivity contribution >= 4 is 5.95 Å². The van der Waals surface area contributed by atoms with Gasteiger partial charge in [0.1, 0.15) is 0 Å². The molecule has 1 aromatic rings. The van der Waals surface area contributed by atoms with Crippen molar-refractivity contribution in [2.45, 2.75) is 31.9 Å². The van der Waals surface area contributed by atoms with Crippen LogP contribution in [-0.2, 0) is 6.42 Å². The van der Waals surface area contributed by atoms with Gasteiger partial charge in [-0.25, -0.2) is 9.97 Å². The third-order valence-corrected chi connectivity index (χ3v) is 3.52. The molecule has 2 heterocycles. The Balaban J connectivity index is 1.96. The molecule has 0 aliphatic carbocycles. The van der Waals surface area contributed by atoms with Crippen molar-refractivity contribution in [1.29, 1.82) is 0 Å². The van der Waals surface area contributed by atoms with Crippen molar-refractivity contribution in [3.05, 3.63) is 18.0 Å². The average Bonchev–Trinajstić information content (AvgIpc) is 2.45. The van der Waals surface area contributed by atoms with Crippen molar-refractivity contribution in [3.8, 4) is 0 Å². The number of aliphatic hydroxyl groups is 1. The summed E-state index contributed by atoms with van der Waals surface area (Å²) in [7, 11) is 0. The molecule has 0 spiro atoms. The topological polar surface area (TPSA) is 49.2 Å². The minimum atomic E-state index is -4.16. The monoisotopic (exact) mass is 289 g/mol. The van der Waals surface area contributed by atoms with Crippen LogP contribution in [0.2, 0.25) is 0 Å². The zero-order chi connectivity index (χ0) is 14.6. The number of alkyl halides is 3. The SMILES string of the molecule is OCC1CCN(c2nccc(CCC(F)(F)F)n2)CC1. The normalized spacial score (nSPS) is 17.5. The second-order valence-electron chi connectivity index (χ2n) is 5.08. The maximum absolute atomic E-state index is 12.2. The summed E-state index contributed by atoms with van der Waals surface area (Å²) >= 11 is 0. The first-order valence-corrected chi connectivity index (χ1v) is 6.72. The fraction of sp³-hybridized carbons (Fsp3) is 0.692. The van der Waals surface area contributed by atoms with Gasteiger partial charge in [0, 0.05) is 38.0 Å². The first kappa shape index (κ1) is 15.0. The lowest BCUT2D eigenvalue weighted by Gasteiger charge is -2.31. The maximum Gasteiger partial charge on any atom is 0.389 e. The summed E-state index contributed by atoms with van der Waals surface area (Å²) in [6, 6.07) is 1.52. The van der Waals surface area contributed by atoms with Crippen LogP contribution in [0.3, 0.4) is 0 Å². The van der Waals surface area contributed by atoms with Gasteiger partial charge < -0.3 is 10.0 Å². The molecule has 1 aliphatic rings. The number of hydrogen-bond donors (Lipinski definition) is 1. The Hall–Kier alpha value is -1.37. The first-order valence-electron chi connectivity index (χ1n) is 6.72. The molecule has 1 N–H and O–H groups in total. The van der Waals surface area contributed by atoms with E-state index in [0.717, 1.165) is 25.9 Å². The van der Waals surface area contributed by atoms with Gasteiger partial charge in [-0.15, -0.1) is 0 Å². The molecule has 0 aromatic carbocycles. The van der Waals surface area contributed by atoms with E-state index in [9.17, 15) is 13.2 Å². The van der Waals surface area contributed by atoms with Crippen LogP contribution in [0.15, 0.2) is 12.3 Å². The predicted molar refractivity (Wildman–Crippen MR) is 68.4 cm³/mol. The molecular weight excluding hydrogens is 271 g/mol. The Bertz CT molecular complexity index is 431. The van der Waals surface area contributed by atoms with Gasteiger partial charge in [0.05, 0.1) is 0 Å². The number of anilines is 1. The van der Waals surface area contributed by atoms with Crippen LogP contribution >= 0.6 is 0 Å². The van der Waals surface area contributed by atoms with Crippen LogP contribution < -0.4 is 4.90 Å². The summed E-state index contributed by atoms with van der Waals surface area (Å²) in [4.78, 5) is 10.3. The van der Waals surface area contributed by atoms with Crippen LogP contribution in [-0.4, -0.2) is 40.9 Å². The second kappa shape index (κ2) is 6.39. The molecule has 4 nitrogen and oxygen atoms in total. The van der Waals surface area contributed by atoms with Crippen LogP contribution in [0, 0.1) is 5.92 Å². The van der Waals surface area contributed by atoms with Gasteiger partial charge in [0.25, 0.3) is 0 Å². The molecule has 0 amide bonds. The van der Waals surface area contributed by atoms with E-state index in [1.54, 1.807) is 0 Å². The Morgan fingerprint density at radius 1 is 1.30 bits per heavy atom. The summed E-state index contributed by atoms with van der Waals surface area (Å²) in [6.45, 7) is 1.64. The van der Waals surface area contributed by atoms with Gasteiger partial charge in [-0.1, -0.05) is 0 Å². The van der Waals surface area contributed by atoms with Crippen molar-refractivity contribution in [2.75, 3.05) is 24.6 Å². The van der Waals surface area contributed by atoms with Gasteiger partial charge in [-0.05, 0) is 31.2 Å². The second-order valence-corrected chi connectivity index (χ2v) is 5.08. The van der Waals surface area contributed by atoms with E-state index in [-0.39, 0.29) is 13.0 Å². The van der Waals surface area contributed by atoms with Crippen LogP contribution in [0.25, 0.3) is 0 Å². The van der Waals surface area contributed by atoms with Gasteiger partial charge in [-0.3, -0.25) is 0 Å². The number of nitrogens with zero attached hydrogens (tertiary/aromatic N) is 3. The largest absolute Gasteiger partial charge is 0.396 e. The third kappa shape index (κ3) is 4.33. The minimum absolute atomic E-state index is 0.119. The number of aromatic nitrogens is 2. The number of halogens is 3. The summed E-state index contributed by atoms with van der Waals surface area (Å²) in [5, 5.41) is 9.08. The predicted octanol–water partition coefficient (Wildman–Crippen LogP) is 2.18. The number of aryl methyl sites for hydroxylation is 1. The van der Waals surface area contributed by atoms with Crippen molar-refractivity contribution < 1.29 is 18.3 Å². The van der Waals surface area contributed by atoms with Gasteiger partial charge in [-0.2, -0.15) is 13.2 Å². The van der Waals surface area contributed by atoms with Gasteiger partial charge >= 0.3 is 6.18 Å². The lowest BCUT2D eigenvalue weighted by atomic mass is 9.98. The highest BCUT2D eigenvalue weighted by atomic mass is 19.4. The van der Waals surface area contributed by atoms with Crippen molar-refractivity contribution in [2.24, 2.45) is 5.92 Å². The first-order chi connectivity index (χ1) is 9.48. The number of piperidine rings is 1. The highest BCUT2D eigenvalue weighted by Crippen LogP contribution is 2.23. The zero-order valence-corrected chi connectivity index (χ0v) is 11.1. The van der Waals surface area contributed by atoms with E-state index in [0.29, 0.717) is 17.6 Å². The summed E-state index contributed by atoms with van der Waals surface area (Å²) in [5.41, 5.74) is 0.414. The van der Waals surface area contributed by atoms with Gasteiger partial charge in [0.2, 0.25) is 5.95 Å². The molecule has 0 radical (unpaired) electrons. The molecule has 1 aliphatic heterocycles. The smallest absolute Gasteiger partial charge is 0.389 e. The lowest BCUT2D eigenvalue weighted by Crippen LogP contribution is -2.36. The molecule has 1 fully saturated rings. The highest BCUT2D eigenvalue weighted by molar-refractivity contribution is 5.30. The van der Waals surface area contributed by atoms with Crippen LogP contribution in [0.5, 0.6) is 0 Å². The highest BCUT2D eigenvalue weighted by Gasteiger charge is 2.27. The Labute approximate surface area is 115 Å². The molecule has 20 heavy (non-hydrogen) atoms. The standard InChI is InChI=1S/C13H18F3N3O/c14-13(15,16)5-1-11-2-6-17-12(18-11)19-7-3-10(9-20)4-8-19/h2,6,10,20H,1,3-5,7-9H2.